The number of rotatable bonds is 7. The van der Waals surface area contributed by atoms with Gasteiger partial charge in [-0.15, -0.1) is 0 Å². The van der Waals surface area contributed by atoms with Crippen LogP contribution < -0.4 is 10.3 Å². The summed E-state index contributed by atoms with van der Waals surface area (Å²) in [7, 11) is 1.60. The Kier molecular flexibility index (Phi) is 7.05. The molecule has 0 spiro atoms. The maximum Gasteiger partial charge on any atom is 0.266 e. The molecule has 0 radical (unpaired) electrons. The van der Waals surface area contributed by atoms with Gasteiger partial charge < -0.3 is 9.64 Å². The van der Waals surface area contributed by atoms with Gasteiger partial charge in [-0.25, -0.2) is 4.98 Å². The summed E-state index contributed by atoms with van der Waals surface area (Å²) in [6.07, 6.45) is 0. The summed E-state index contributed by atoms with van der Waals surface area (Å²) >= 11 is 1.30. The number of amides is 1. The average molecular weight is 440 g/mol. The van der Waals surface area contributed by atoms with E-state index in [1.165, 1.54) is 11.8 Å². The molecule has 2 aromatic carbocycles. The first-order valence-electron chi connectivity index (χ1n) is 10.4. The molecule has 3 rings (SSSR count). The first kappa shape index (κ1) is 22.9. The van der Waals surface area contributed by atoms with Gasteiger partial charge in [0.1, 0.15) is 5.75 Å². The van der Waals surface area contributed by atoms with Crippen molar-refractivity contribution in [2.45, 2.75) is 57.1 Å². The quantitative estimate of drug-likeness (QED) is 0.400. The van der Waals surface area contributed by atoms with Crippen molar-refractivity contribution in [3.05, 3.63) is 58.9 Å². The second kappa shape index (κ2) is 9.56. The van der Waals surface area contributed by atoms with E-state index in [0.717, 1.165) is 0 Å². The number of carbonyl (C=O) groups excluding carboxylic acids is 1. The van der Waals surface area contributed by atoms with E-state index in [2.05, 4.69) is 0 Å². The SMILES string of the molecule is COc1ccc(-n2c(SC(C)C(=O)N(C(C)C)C(C)C)nc3ccccc3c2=O)cc1. The molecule has 0 saturated carbocycles. The minimum atomic E-state index is -0.401. The lowest BCUT2D eigenvalue weighted by Crippen LogP contribution is -2.45. The van der Waals surface area contributed by atoms with Gasteiger partial charge in [-0.3, -0.25) is 14.2 Å². The van der Waals surface area contributed by atoms with Gasteiger partial charge in [0.15, 0.2) is 5.16 Å². The number of benzene rings is 2. The van der Waals surface area contributed by atoms with Crippen LogP contribution in [0.25, 0.3) is 16.6 Å². The number of methoxy groups -OCH3 is 1. The Labute approximate surface area is 187 Å². The minimum absolute atomic E-state index is 0.0266. The summed E-state index contributed by atoms with van der Waals surface area (Å²) in [4.78, 5) is 33.2. The van der Waals surface area contributed by atoms with Gasteiger partial charge in [-0.1, -0.05) is 23.9 Å². The molecule has 1 heterocycles. The van der Waals surface area contributed by atoms with Crippen LogP contribution in [-0.4, -0.2) is 44.8 Å². The molecule has 0 saturated heterocycles. The van der Waals surface area contributed by atoms with Gasteiger partial charge in [-0.05, 0) is 71.0 Å². The van der Waals surface area contributed by atoms with Crippen LogP contribution in [0.5, 0.6) is 5.75 Å². The number of carbonyl (C=O) groups is 1. The van der Waals surface area contributed by atoms with E-state index in [4.69, 9.17) is 9.72 Å². The fourth-order valence-corrected chi connectivity index (χ4v) is 4.66. The van der Waals surface area contributed by atoms with Crippen molar-refractivity contribution in [2.24, 2.45) is 0 Å². The number of thioether (sulfide) groups is 1. The lowest BCUT2D eigenvalue weighted by Gasteiger charge is -2.33. The molecule has 0 N–H and O–H groups in total. The number of nitrogens with zero attached hydrogens (tertiary/aromatic N) is 3. The van der Waals surface area contributed by atoms with Crippen molar-refractivity contribution < 1.29 is 9.53 Å². The maximum atomic E-state index is 13.4. The van der Waals surface area contributed by atoms with E-state index in [1.54, 1.807) is 29.9 Å². The van der Waals surface area contributed by atoms with E-state index in [0.29, 0.717) is 27.5 Å². The fourth-order valence-electron chi connectivity index (χ4n) is 3.67. The molecule has 6 nitrogen and oxygen atoms in total. The molecule has 0 bridgehead atoms. The van der Waals surface area contributed by atoms with Crippen molar-refractivity contribution in [1.82, 2.24) is 14.5 Å². The van der Waals surface area contributed by atoms with Gasteiger partial charge in [0, 0.05) is 12.1 Å². The zero-order valence-corrected chi connectivity index (χ0v) is 19.6. The van der Waals surface area contributed by atoms with Gasteiger partial charge in [0.25, 0.3) is 5.56 Å². The third-order valence-electron chi connectivity index (χ3n) is 5.07. The van der Waals surface area contributed by atoms with Crippen LogP contribution in [0.1, 0.15) is 34.6 Å². The van der Waals surface area contributed by atoms with Crippen molar-refractivity contribution >= 4 is 28.6 Å². The van der Waals surface area contributed by atoms with Crippen molar-refractivity contribution in [1.29, 1.82) is 0 Å². The number of para-hydroxylation sites is 1. The number of hydrogen-bond donors (Lipinski definition) is 0. The summed E-state index contributed by atoms with van der Waals surface area (Å²) in [6, 6.07) is 14.7. The average Bonchev–Trinajstić information content (AvgIpc) is 2.73. The minimum Gasteiger partial charge on any atom is -0.497 e. The molecular formula is C24H29N3O3S. The molecule has 0 aliphatic carbocycles. The van der Waals surface area contributed by atoms with E-state index in [9.17, 15) is 9.59 Å². The molecule has 3 aromatic rings. The summed E-state index contributed by atoms with van der Waals surface area (Å²) in [5.74, 6) is 0.728. The smallest absolute Gasteiger partial charge is 0.266 e. The zero-order chi connectivity index (χ0) is 22.7. The molecule has 1 atom stereocenters. The monoisotopic (exact) mass is 439 g/mol. The third kappa shape index (κ3) is 4.77. The Morgan fingerprint density at radius 2 is 1.61 bits per heavy atom. The van der Waals surface area contributed by atoms with Crippen LogP contribution in [0.3, 0.4) is 0 Å². The highest BCUT2D eigenvalue weighted by molar-refractivity contribution is 8.00. The van der Waals surface area contributed by atoms with Crippen molar-refractivity contribution in [2.75, 3.05) is 7.11 Å². The molecular weight excluding hydrogens is 410 g/mol. The lowest BCUT2D eigenvalue weighted by atomic mass is 10.2. The normalized spacial score (nSPS) is 12.4. The summed E-state index contributed by atoms with van der Waals surface area (Å²) < 4.78 is 6.82. The Balaban J connectivity index is 2.10. The van der Waals surface area contributed by atoms with Crippen LogP contribution in [0, 0.1) is 0 Å². The molecule has 1 amide bonds. The highest BCUT2D eigenvalue weighted by atomic mass is 32.2. The van der Waals surface area contributed by atoms with Gasteiger partial charge in [0.2, 0.25) is 5.91 Å². The predicted octanol–water partition coefficient (Wildman–Crippen LogP) is 4.52. The Morgan fingerprint density at radius 1 is 1.00 bits per heavy atom. The van der Waals surface area contributed by atoms with Gasteiger partial charge in [-0.2, -0.15) is 0 Å². The second-order valence-electron chi connectivity index (χ2n) is 7.94. The lowest BCUT2D eigenvalue weighted by molar-refractivity contribution is -0.133. The molecule has 1 aromatic heterocycles. The van der Waals surface area contributed by atoms with Gasteiger partial charge >= 0.3 is 0 Å². The van der Waals surface area contributed by atoms with Crippen LogP contribution in [-0.2, 0) is 4.79 Å². The number of aromatic nitrogens is 2. The summed E-state index contributed by atoms with van der Waals surface area (Å²) in [5, 5.41) is 0.622. The topological polar surface area (TPSA) is 64.4 Å². The molecule has 0 fully saturated rings. The summed E-state index contributed by atoms with van der Waals surface area (Å²) in [6.45, 7) is 9.91. The van der Waals surface area contributed by atoms with E-state index < -0.39 is 5.25 Å². The molecule has 0 aliphatic rings. The third-order valence-corrected chi connectivity index (χ3v) is 6.11. The highest BCUT2D eigenvalue weighted by Crippen LogP contribution is 2.27. The largest absolute Gasteiger partial charge is 0.497 e. The van der Waals surface area contributed by atoms with Crippen molar-refractivity contribution in [3.63, 3.8) is 0 Å². The molecule has 0 aliphatic heterocycles. The first-order valence-corrected chi connectivity index (χ1v) is 11.3. The van der Waals surface area contributed by atoms with Crippen LogP contribution in [0.2, 0.25) is 0 Å². The zero-order valence-electron chi connectivity index (χ0n) is 18.8. The van der Waals surface area contributed by atoms with Gasteiger partial charge in [0.05, 0.1) is 29.0 Å². The number of fused-ring (bicyclic) bond motifs is 1. The molecule has 31 heavy (non-hydrogen) atoms. The van der Waals surface area contributed by atoms with E-state index in [1.807, 2.05) is 69.9 Å². The standard InChI is InChI=1S/C24H29N3O3S/c1-15(2)26(16(3)4)22(28)17(5)31-24-25-21-10-8-7-9-20(21)23(29)27(24)18-11-13-19(30-6)14-12-18/h7-17H,1-6H3. The Morgan fingerprint density at radius 3 is 2.19 bits per heavy atom. The Bertz CT molecular complexity index is 1120. The van der Waals surface area contributed by atoms with E-state index >= 15 is 0 Å². The Hall–Kier alpha value is -2.80. The summed E-state index contributed by atoms with van der Waals surface area (Å²) in [5.41, 5.74) is 1.13. The second-order valence-corrected chi connectivity index (χ2v) is 9.25. The first-order chi connectivity index (χ1) is 14.7. The maximum absolute atomic E-state index is 13.4. The molecule has 7 heteroatoms. The van der Waals surface area contributed by atoms with Crippen LogP contribution in [0.4, 0.5) is 0 Å². The number of ether oxygens (including phenoxy) is 1. The fraction of sp³-hybridized carbons (Fsp3) is 0.375. The predicted molar refractivity (Wildman–Crippen MR) is 126 cm³/mol. The number of hydrogen-bond acceptors (Lipinski definition) is 5. The van der Waals surface area contributed by atoms with Crippen LogP contribution >= 0.6 is 11.8 Å². The van der Waals surface area contributed by atoms with E-state index in [-0.39, 0.29) is 23.6 Å². The van der Waals surface area contributed by atoms with Crippen LogP contribution in [0.15, 0.2) is 58.5 Å². The molecule has 1 unspecified atom stereocenters. The highest BCUT2D eigenvalue weighted by Gasteiger charge is 2.27. The van der Waals surface area contributed by atoms with Crippen molar-refractivity contribution in [3.8, 4) is 11.4 Å². The molecule has 164 valence electrons.